The molecule has 0 atom stereocenters. The van der Waals surface area contributed by atoms with Crippen molar-refractivity contribution in [1.82, 2.24) is 5.32 Å². The van der Waals surface area contributed by atoms with Crippen LogP contribution in [0.2, 0.25) is 0 Å². The van der Waals surface area contributed by atoms with Crippen molar-refractivity contribution in [1.29, 1.82) is 0 Å². The summed E-state index contributed by atoms with van der Waals surface area (Å²) in [5.74, 6) is 3.92. The van der Waals surface area contributed by atoms with Gasteiger partial charge >= 0.3 is 0 Å². The summed E-state index contributed by atoms with van der Waals surface area (Å²) >= 11 is 2.00. The Kier molecular flexibility index (Phi) is 5.73. The molecule has 5 aliphatic rings. The standard InChI is InChI=1S/C12H14S.C11H17NO/c1-2-6-11(7-3-1)10-13-12-8-4-5-9-12;13-7-12-11-4-8-1-9(5-11)3-10(2-8)6-11/h1-3,6-8H,4-5,9-10H2;7-10H,1-6H2,(H,12,13). The van der Waals surface area contributed by atoms with Crippen LogP contribution in [0.3, 0.4) is 0 Å². The maximum atomic E-state index is 10.6. The topological polar surface area (TPSA) is 29.1 Å². The van der Waals surface area contributed by atoms with Gasteiger partial charge in [-0.05, 0) is 86.0 Å². The molecule has 0 aliphatic heterocycles. The van der Waals surface area contributed by atoms with Gasteiger partial charge in [0.15, 0.2) is 0 Å². The van der Waals surface area contributed by atoms with Gasteiger partial charge in [0.2, 0.25) is 6.41 Å². The van der Waals surface area contributed by atoms with Crippen LogP contribution in [-0.4, -0.2) is 11.9 Å². The van der Waals surface area contributed by atoms with Gasteiger partial charge in [0, 0.05) is 11.3 Å². The van der Waals surface area contributed by atoms with E-state index >= 15 is 0 Å². The van der Waals surface area contributed by atoms with E-state index in [1.165, 1.54) is 63.4 Å². The molecule has 3 heteroatoms. The van der Waals surface area contributed by atoms with E-state index in [9.17, 15) is 4.79 Å². The molecule has 0 radical (unpaired) electrons. The Morgan fingerprint density at radius 3 is 2.23 bits per heavy atom. The minimum Gasteiger partial charge on any atom is -0.353 e. The van der Waals surface area contributed by atoms with E-state index in [1.54, 1.807) is 4.91 Å². The zero-order valence-corrected chi connectivity index (χ0v) is 16.5. The second-order valence-electron chi connectivity index (χ2n) is 8.80. The van der Waals surface area contributed by atoms with Gasteiger partial charge in [-0.15, -0.1) is 11.8 Å². The van der Waals surface area contributed by atoms with E-state index in [2.05, 4.69) is 41.7 Å². The molecule has 4 fully saturated rings. The van der Waals surface area contributed by atoms with Crippen molar-refractivity contribution in [3.63, 3.8) is 0 Å². The van der Waals surface area contributed by atoms with Crippen LogP contribution in [0.25, 0.3) is 0 Å². The van der Waals surface area contributed by atoms with Crippen molar-refractivity contribution in [3.8, 4) is 0 Å². The Labute approximate surface area is 162 Å². The minimum atomic E-state index is 0.233. The molecule has 4 bridgehead atoms. The van der Waals surface area contributed by atoms with Crippen LogP contribution in [0.4, 0.5) is 0 Å². The average Bonchev–Trinajstić information content (AvgIpc) is 3.14. The van der Waals surface area contributed by atoms with Crippen LogP contribution in [0.1, 0.15) is 63.4 Å². The summed E-state index contributed by atoms with van der Waals surface area (Å²) in [6.45, 7) is 0. The van der Waals surface area contributed by atoms with E-state index in [1.807, 2.05) is 11.8 Å². The van der Waals surface area contributed by atoms with Gasteiger partial charge in [-0.3, -0.25) is 4.79 Å². The molecule has 4 saturated carbocycles. The molecule has 0 unspecified atom stereocenters. The van der Waals surface area contributed by atoms with Crippen molar-refractivity contribution in [2.75, 3.05) is 0 Å². The lowest BCUT2D eigenvalue weighted by molar-refractivity contribution is -0.114. The summed E-state index contributed by atoms with van der Waals surface area (Å²) in [5.41, 5.74) is 1.66. The Bertz CT molecular complexity index is 604. The number of rotatable bonds is 5. The smallest absolute Gasteiger partial charge is 0.207 e. The maximum Gasteiger partial charge on any atom is 0.207 e. The number of hydrogen-bond acceptors (Lipinski definition) is 2. The molecule has 0 heterocycles. The second kappa shape index (κ2) is 8.21. The number of amides is 1. The number of nitrogens with one attached hydrogen (secondary N) is 1. The number of allylic oxidation sites excluding steroid dienone is 2. The van der Waals surface area contributed by atoms with Gasteiger partial charge in [-0.25, -0.2) is 0 Å². The largest absolute Gasteiger partial charge is 0.353 e. The van der Waals surface area contributed by atoms with Crippen molar-refractivity contribution < 1.29 is 4.79 Å². The molecule has 5 aliphatic carbocycles. The summed E-state index contributed by atoms with van der Waals surface area (Å²) in [7, 11) is 0. The monoisotopic (exact) mass is 369 g/mol. The molecule has 1 aromatic carbocycles. The van der Waals surface area contributed by atoms with Gasteiger partial charge in [0.1, 0.15) is 0 Å². The molecule has 0 spiro atoms. The first-order valence-electron chi connectivity index (χ1n) is 10.3. The number of benzene rings is 1. The number of carbonyl (C=O) groups is 1. The molecule has 1 aromatic rings. The lowest BCUT2D eigenvalue weighted by Gasteiger charge is -2.56. The van der Waals surface area contributed by atoms with E-state index < -0.39 is 0 Å². The minimum absolute atomic E-state index is 0.233. The summed E-state index contributed by atoms with van der Waals surface area (Å²) in [5, 5.41) is 3.11. The molecule has 1 amide bonds. The van der Waals surface area contributed by atoms with E-state index in [0.717, 1.165) is 29.9 Å². The third-order valence-corrected chi connectivity index (χ3v) is 7.89. The third-order valence-electron chi connectivity index (χ3n) is 6.67. The molecule has 1 N–H and O–H groups in total. The Hall–Kier alpha value is -1.22. The Morgan fingerprint density at radius 2 is 1.69 bits per heavy atom. The molecular weight excluding hydrogens is 338 g/mol. The van der Waals surface area contributed by atoms with Crippen LogP contribution in [0, 0.1) is 17.8 Å². The van der Waals surface area contributed by atoms with Gasteiger partial charge in [-0.1, -0.05) is 36.4 Å². The molecule has 26 heavy (non-hydrogen) atoms. The second-order valence-corrected chi connectivity index (χ2v) is 9.90. The SMILES string of the molecule is C1=C(SCc2ccccc2)CCC1.O=CNC12CC3CC(CC(C3)C1)C2. The molecular formula is C23H31NOS. The molecule has 6 rings (SSSR count). The van der Waals surface area contributed by atoms with Gasteiger partial charge in [0.25, 0.3) is 0 Å². The lowest BCUT2D eigenvalue weighted by Crippen LogP contribution is -2.57. The fraction of sp³-hybridized carbons (Fsp3) is 0.609. The highest BCUT2D eigenvalue weighted by molar-refractivity contribution is 8.02. The Morgan fingerprint density at radius 1 is 1.04 bits per heavy atom. The highest BCUT2D eigenvalue weighted by atomic mass is 32.2. The normalized spacial score (nSPS) is 34.0. The van der Waals surface area contributed by atoms with Crippen molar-refractivity contribution in [3.05, 3.63) is 46.9 Å². The number of hydrogen-bond donors (Lipinski definition) is 1. The summed E-state index contributed by atoms with van der Waals surface area (Å²) in [6, 6.07) is 10.7. The van der Waals surface area contributed by atoms with Crippen molar-refractivity contribution in [2.45, 2.75) is 69.1 Å². The third kappa shape index (κ3) is 4.36. The van der Waals surface area contributed by atoms with Crippen molar-refractivity contribution in [2.24, 2.45) is 17.8 Å². The lowest BCUT2D eigenvalue weighted by atomic mass is 9.53. The van der Waals surface area contributed by atoms with E-state index in [4.69, 9.17) is 0 Å². The van der Waals surface area contributed by atoms with E-state index in [0.29, 0.717) is 0 Å². The van der Waals surface area contributed by atoms with Crippen LogP contribution >= 0.6 is 11.8 Å². The molecule has 140 valence electrons. The van der Waals surface area contributed by atoms with Gasteiger partial charge in [-0.2, -0.15) is 0 Å². The Balaban J connectivity index is 0.000000129. The first-order chi connectivity index (χ1) is 12.7. The quantitative estimate of drug-likeness (QED) is 0.676. The number of carbonyl (C=O) groups excluding carboxylic acids is 1. The summed E-state index contributed by atoms with van der Waals surface area (Å²) < 4.78 is 0. The zero-order chi connectivity index (χ0) is 17.8. The zero-order valence-electron chi connectivity index (χ0n) is 15.7. The van der Waals surface area contributed by atoms with Crippen LogP contribution in [0.15, 0.2) is 41.3 Å². The van der Waals surface area contributed by atoms with Crippen molar-refractivity contribution >= 4 is 18.2 Å². The molecule has 0 aromatic heterocycles. The number of thioether (sulfide) groups is 1. The van der Waals surface area contributed by atoms with Crippen LogP contribution in [0.5, 0.6) is 0 Å². The van der Waals surface area contributed by atoms with Crippen LogP contribution < -0.4 is 5.32 Å². The molecule has 2 nitrogen and oxygen atoms in total. The summed E-state index contributed by atoms with van der Waals surface area (Å²) in [4.78, 5) is 12.2. The predicted molar refractivity (Wildman–Crippen MR) is 110 cm³/mol. The fourth-order valence-corrected chi connectivity index (χ4v) is 7.00. The van der Waals surface area contributed by atoms with Gasteiger partial charge < -0.3 is 5.32 Å². The predicted octanol–water partition coefficient (Wildman–Crippen LogP) is 5.69. The van der Waals surface area contributed by atoms with E-state index in [-0.39, 0.29) is 5.54 Å². The van der Waals surface area contributed by atoms with Gasteiger partial charge in [0.05, 0.1) is 0 Å². The fourth-order valence-electron chi connectivity index (χ4n) is 5.94. The molecule has 0 saturated heterocycles. The van der Waals surface area contributed by atoms with Crippen LogP contribution in [-0.2, 0) is 10.5 Å². The highest BCUT2D eigenvalue weighted by Gasteiger charge is 2.50. The first-order valence-corrected chi connectivity index (χ1v) is 11.3. The average molecular weight is 370 g/mol. The first kappa shape index (κ1) is 18.2. The maximum absolute atomic E-state index is 10.6. The highest BCUT2D eigenvalue weighted by Crippen LogP contribution is 2.55. The summed E-state index contributed by atoms with van der Waals surface area (Å²) in [6.07, 6.45) is 15.4.